The number of rotatable bonds is 6. The number of nitrogens with zero attached hydrogens (tertiary/aromatic N) is 1. The molecule has 3 nitrogen and oxygen atoms in total. The first-order valence-electron chi connectivity index (χ1n) is 9.51. The molecular formula is C23H24N2OS. The Morgan fingerprint density at radius 3 is 2.07 bits per heavy atom. The number of carbonyl (C=O) groups is 1. The van der Waals surface area contributed by atoms with Crippen molar-refractivity contribution < 1.29 is 4.79 Å². The number of benzene rings is 2. The molecule has 0 saturated carbocycles. The highest BCUT2D eigenvalue weighted by Gasteiger charge is 2.30. The van der Waals surface area contributed by atoms with Crippen molar-refractivity contribution in [1.29, 1.82) is 0 Å². The van der Waals surface area contributed by atoms with Gasteiger partial charge in [-0.05, 0) is 35.4 Å². The number of hydrogen-bond donors (Lipinski definition) is 1. The highest BCUT2D eigenvalue weighted by Crippen LogP contribution is 2.30. The van der Waals surface area contributed by atoms with Gasteiger partial charge in [0.1, 0.15) is 6.04 Å². The second-order valence-corrected chi connectivity index (χ2v) is 7.88. The third kappa shape index (κ3) is 4.12. The maximum absolute atomic E-state index is 13.3. The lowest BCUT2D eigenvalue weighted by molar-refractivity contribution is -0.132. The predicted molar refractivity (Wildman–Crippen MR) is 111 cm³/mol. The number of hydrogen-bond acceptors (Lipinski definition) is 3. The van der Waals surface area contributed by atoms with E-state index in [9.17, 15) is 4.79 Å². The number of carbonyl (C=O) groups excluding carboxylic acids is 1. The topological polar surface area (TPSA) is 32.3 Å². The second-order valence-electron chi connectivity index (χ2n) is 6.90. The Morgan fingerprint density at radius 1 is 0.852 bits per heavy atom. The summed E-state index contributed by atoms with van der Waals surface area (Å²) in [5.74, 6) is 0.177. The van der Waals surface area contributed by atoms with Gasteiger partial charge in [0.05, 0.1) is 6.04 Å². The lowest BCUT2D eigenvalue weighted by atomic mass is 10.00. The second kappa shape index (κ2) is 8.51. The molecule has 2 atom stereocenters. The van der Waals surface area contributed by atoms with Crippen molar-refractivity contribution in [2.24, 2.45) is 0 Å². The van der Waals surface area contributed by atoms with Gasteiger partial charge >= 0.3 is 0 Å². The van der Waals surface area contributed by atoms with Crippen LogP contribution >= 0.6 is 11.3 Å². The molecular weight excluding hydrogens is 352 g/mol. The van der Waals surface area contributed by atoms with Crippen LogP contribution in [0.5, 0.6) is 0 Å². The van der Waals surface area contributed by atoms with Crippen LogP contribution < -0.4 is 5.32 Å². The van der Waals surface area contributed by atoms with E-state index in [0.29, 0.717) is 0 Å². The van der Waals surface area contributed by atoms with Crippen molar-refractivity contribution in [2.45, 2.75) is 24.9 Å². The maximum Gasteiger partial charge on any atom is 0.244 e. The van der Waals surface area contributed by atoms with Crippen molar-refractivity contribution in [3.05, 3.63) is 94.2 Å². The molecule has 1 aromatic heterocycles. The Hall–Kier alpha value is -2.43. The molecule has 4 rings (SSSR count). The van der Waals surface area contributed by atoms with Crippen LogP contribution in [-0.2, 0) is 4.79 Å². The average molecular weight is 377 g/mol. The van der Waals surface area contributed by atoms with Gasteiger partial charge < -0.3 is 4.90 Å². The van der Waals surface area contributed by atoms with Gasteiger partial charge in [-0.3, -0.25) is 10.1 Å². The minimum Gasteiger partial charge on any atom is -0.341 e. The van der Waals surface area contributed by atoms with Gasteiger partial charge in [-0.2, -0.15) is 0 Å². The molecule has 0 spiro atoms. The van der Waals surface area contributed by atoms with Crippen LogP contribution in [-0.4, -0.2) is 23.9 Å². The normalized spacial score (nSPS) is 16.2. The van der Waals surface area contributed by atoms with Crippen LogP contribution in [0, 0.1) is 0 Å². The number of thiophene rings is 1. The molecule has 1 saturated heterocycles. The molecule has 4 heteroatoms. The molecule has 1 aliphatic heterocycles. The van der Waals surface area contributed by atoms with E-state index >= 15 is 0 Å². The monoisotopic (exact) mass is 376 g/mol. The largest absolute Gasteiger partial charge is 0.341 e. The third-order valence-electron chi connectivity index (χ3n) is 5.09. The molecule has 1 aliphatic rings. The van der Waals surface area contributed by atoms with Crippen LogP contribution in [0.15, 0.2) is 78.2 Å². The van der Waals surface area contributed by atoms with E-state index in [2.05, 4.69) is 47.1 Å². The average Bonchev–Trinajstić information content (AvgIpc) is 3.44. The highest BCUT2D eigenvalue weighted by molar-refractivity contribution is 7.10. The fourth-order valence-electron chi connectivity index (χ4n) is 3.69. The van der Waals surface area contributed by atoms with Crippen molar-refractivity contribution in [2.75, 3.05) is 13.1 Å². The van der Waals surface area contributed by atoms with Gasteiger partial charge in [-0.1, -0.05) is 66.7 Å². The summed E-state index contributed by atoms with van der Waals surface area (Å²) < 4.78 is 0. The molecule has 0 radical (unpaired) electrons. The maximum atomic E-state index is 13.3. The van der Waals surface area contributed by atoms with Gasteiger partial charge in [-0.25, -0.2) is 0 Å². The molecule has 2 aromatic carbocycles. The van der Waals surface area contributed by atoms with E-state index in [0.717, 1.165) is 31.5 Å². The minimum atomic E-state index is -0.350. The quantitative estimate of drug-likeness (QED) is 0.671. The van der Waals surface area contributed by atoms with Crippen LogP contribution in [0.25, 0.3) is 0 Å². The molecule has 1 N–H and O–H groups in total. The highest BCUT2D eigenvalue weighted by atomic mass is 32.1. The van der Waals surface area contributed by atoms with Crippen molar-refractivity contribution in [3.63, 3.8) is 0 Å². The first-order valence-corrected chi connectivity index (χ1v) is 10.4. The Bertz CT molecular complexity index is 843. The lowest BCUT2D eigenvalue weighted by Crippen LogP contribution is -2.41. The molecule has 27 heavy (non-hydrogen) atoms. The van der Waals surface area contributed by atoms with Crippen molar-refractivity contribution in [1.82, 2.24) is 10.2 Å². The summed E-state index contributed by atoms with van der Waals surface area (Å²) in [4.78, 5) is 16.6. The fourth-order valence-corrected chi connectivity index (χ4v) is 4.50. The van der Waals surface area contributed by atoms with Crippen LogP contribution in [0.3, 0.4) is 0 Å². The number of amides is 1. The Kier molecular flexibility index (Phi) is 5.66. The number of nitrogens with one attached hydrogen (secondary N) is 1. The van der Waals surface area contributed by atoms with Crippen LogP contribution in [0.2, 0.25) is 0 Å². The van der Waals surface area contributed by atoms with Crippen molar-refractivity contribution in [3.8, 4) is 0 Å². The molecule has 2 heterocycles. The van der Waals surface area contributed by atoms with Gasteiger partial charge in [0, 0.05) is 18.0 Å². The Labute approximate surface area is 164 Å². The van der Waals surface area contributed by atoms with E-state index in [-0.39, 0.29) is 18.0 Å². The SMILES string of the molecule is O=C([C@@H](N[C@H](c1ccccc1)c1cccs1)c1ccccc1)N1CCCC1. The third-order valence-corrected chi connectivity index (χ3v) is 6.03. The van der Waals surface area contributed by atoms with Crippen LogP contribution in [0.1, 0.15) is 40.9 Å². The fraction of sp³-hybridized carbons (Fsp3) is 0.261. The first-order chi connectivity index (χ1) is 13.3. The zero-order valence-corrected chi connectivity index (χ0v) is 16.1. The van der Waals surface area contributed by atoms with E-state index in [1.807, 2.05) is 41.3 Å². The molecule has 138 valence electrons. The summed E-state index contributed by atoms with van der Waals surface area (Å²) in [5.41, 5.74) is 2.20. The molecule has 0 unspecified atom stereocenters. The summed E-state index contributed by atoms with van der Waals surface area (Å²) >= 11 is 1.72. The Balaban J connectivity index is 1.69. The van der Waals surface area contributed by atoms with Gasteiger partial charge in [-0.15, -0.1) is 11.3 Å². The van der Waals surface area contributed by atoms with Gasteiger partial charge in [0.25, 0.3) is 0 Å². The Morgan fingerprint density at radius 2 is 1.48 bits per heavy atom. The molecule has 0 aliphatic carbocycles. The lowest BCUT2D eigenvalue weighted by Gasteiger charge is -2.28. The summed E-state index contributed by atoms with van der Waals surface area (Å²) in [6.07, 6.45) is 2.20. The smallest absolute Gasteiger partial charge is 0.244 e. The molecule has 3 aromatic rings. The van der Waals surface area contributed by atoms with Gasteiger partial charge in [0.15, 0.2) is 0 Å². The van der Waals surface area contributed by atoms with Crippen molar-refractivity contribution >= 4 is 17.2 Å². The summed E-state index contributed by atoms with van der Waals surface area (Å²) in [7, 11) is 0. The van der Waals surface area contributed by atoms with E-state index in [1.54, 1.807) is 11.3 Å². The number of likely N-dealkylation sites (tertiary alicyclic amines) is 1. The van der Waals surface area contributed by atoms with Crippen LogP contribution in [0.4, 0.5) is 0 Å². The molecule has 1 fully saturated rings. The van der Waals surface area contributed by atoms with Gasteiger partial charge in [0.2, 0.25) is 5.91 Å². The summed E-state index contributed by atoms with van der Waals surface area (Å²) in [6, 6.07) is 24.3. The predicted octanol–water partition coefficient (Wildman–Crippen LogP) is 4.79. The minimum absolute atomic E-state index is 0.0111. The first kappa shape index (κ1) is 18.0. The molecule has 1 amide bonds. The zero-order valence-electron chi connectivity index (χ0n) is 15.3. The van der Waals surface area contributed by atoms with E-state index in [4.69, 9.17) is 0 Å². The van der Waals surface area contributed by atoms with E-state index in [1.165, 1.54) is 10.4 Å². The zero-order chi connectivity index (χ0) is 18.5. The summed E-state index contributed by atoms with van der Waals surface area (Å²) in [6.45, 7) is 1.72. The molecule has 0 bridgehead atoms. The van der Waals surface area contributed by atoms with E-state index < -0.39 is 0 Å². The summed E-state index contributed by atoms with van der Waals surface area (Å²) in [5, 5.41) is 5.78. The standard InChI is InChI=1S/C23H24N2OS/c26-23(25-15-7-8-16-25)22(19-12-5-2-6-13-19)24-21(20-14-9-17-27-20)18-10-3-1-4-11-18/h1-6,9-14,17,21-22,24H,7-8,15-16H2/t21-,22+/m1/s1.